The number of hydrogen-bond acceptors (Lipinski definition) is 2. The molecule has 1 aromatic carbocycles. The summed E-state index contributed by atoms with van der Waals surface area (Å²) in [6.07, 6.45) is 1.95. The summed E-state index contributed by atoms with van der Waals surface area (Å²) in [6, 6.07) is 3.93. The third kappa shape index (κ3) is 2.77. The second-order valence-electron chi connectivity index (χ2n) is 2.96. The summed E-state index contributed by atoms with van der Waals surface area (Å²) in [5.74, 6) is 1.56. The molecule has 0 spiro atoms. The molecule has 1 aromatic rings. The minimum absolute atomic E-state index is 0.599. The highest BCUT2D eigenvalue weighted by Crippen LogP contribution is 2.39. The van der Waals surface area contributed by atoms with Crippen molar-refractivity contribution in [3.8, 4) is 11.5 Å². The predicted octanol–water partition coefficient (Wildman–Crippen LogP) is 4.31. The first-order chi connectivity index (χ1) is 7.16. The highest BCUT2D eigenvalue weighted by atomic mass is 79.9. The van der Waals surface area contributed by atoms with E-state index in [1.807, 2.05) is 18.2 Å². The van der Waals surface area contributed by atoms with Crippen LogP contribution in [0.3, 0.4) is 0 Å². The van der Waals surface area contributed by atoms with Crippen LogP contribution in [0.5, 0.6) is 11.5 Å². The zero-order valence-corrected chi connectivity index (χ0v) is 12.4. The fourth-order valence-corrected chi connectivity index (χ4v) is 2.44. The van der Waals surface area contributed by atoms with Gasteiger partial charge in [0.15, 0.2) is 11.5 Å². The van der Waals surface area contributed by atoms with Crippen LogP contribution in [0.15, 0.2) is 20.0 Å². The van der Waals surface area contributed by atoms with Gasteiger partial charge in [0.25, 0.3) is 0 Å². The SMILES string of the molecule is BrC(Br)=Cc1cc(Br)c2c(c1)OCCO2. The van der Waals surface area contributed by atoms with E-state index in [4.69, 9.17) is 9.47 Å². The monoisotopic (exact) mass is 396 g/mol. The van der Waals surface area contributed by atoms with Crippen LogP contribution < -0.4 is 9.47 Å². The average molecular weight is 399 g/mol. The summed E-state index contributed by atoms with van der Waals surface area (Å²) >= 11 is 10.1. The van der Waals surface area contributed by atoms with Gasteiger partial charge in [-0.05, 0) is 71.6 Å². The lowest BCUT2D eigenvalue weighted by atomic mass is 10.2. The summed E-state index contributed by atoms with van der Waals surface area (Å²) in [5, 5.41) is 0. The molecule has 0 aliphatic carbocycles. The first-order valence-electron chi connectivity index (χ1n) is 4.28. The minimum atomic E-state index is 0.599. The summed E-state index contributed by atoms with van der Waals surface area (Å²) < 4.78 is 12.8. The van der Waals surface area contributed by atoms with Crippen molar-refractivity contribution in [2.24, 2.45) is 0 Å². The molecule has 1 aliphatic rings. The molecule has 15 heavy (non-hydrogen) atoms. The Hall–Kier alpha value is -0.000000000000000111. The first kappa shape index (κ1) is 11.5. The zero-order chi connectivity index (χ0) is 10.8. The van der Waals surface area contributed by atoms with Gasteiger partial charge >= 0.3 is 0 Å². The van der Waals surface area contributed by atoms with Gasteiger partial charge in [0, 0.05) is 0 Å². The summed E-state index contributed by atoms with van der Waals surface area (Å²) in [4.78, 5) is 0. The van der Waals surface area contributed by atoms with E-state index in [1.54, 1.807) is 0 Å². The number of fused-ring (bicyclic) bond motifs is 1. The fourth-order valence-electron chi connectivity index (χ4n) is 1.34. The van der Waals surface area contributed by atoms with Crippen LogP contribution in [-0.2, 0) is 0 Å². The third-order valence-corrected chi connectivity index (χ3v) is 2.94. The van der Waals surface area contributed by atoms with Crippen LogP contribution in [0.2, 0.25) is 0 Å². The molecule has 0 saturated heterocycles. The lowest BCUT2D eigenvalue weighted by molar-refractivity contribution is 0.170. The Morgan fingerprint density at radius 2 is 1.93 bits per heavy atom. The summed E-state index contributed by atoms with van der Waals surface area (Å²) in [5.41, 5.74) is 1.04. The quantitative estimate of drug-likeness (QED) is 0.702. The molecule has 5 heteroatoms. The van der Waals surface area contributed by atoms with E-state index in [1.165, 1.54) is 0 Å². The molecule has 0 fully saturated rings. The Bertz CT molecular complexity index is 411. The topological polar surface area (TPSA) is 18.5 Å². The number of hydrogen-bond donors (Lipinski definition) is 0. The lowest BCUT2D eigenvalue weighted by Crippen LogP contribution is -2.15. The number of benzene rings is 1. The predicted molar refractivity (Wildman–Crippen MR) is 71.0 cm³/mol. The van der Waals surface area contributed by atoms with Gasteiger partial charge in [-0.3, -0.25) is 0 Å². The molecule has 0 aromatic heterocycles. The Labute approximate surface area is 113 Å². The molecular weight excluding hydrogens is 392 g/mol. The van der Waals surface area contributed by atoms with Crippen molar-refractivity contribution in [2.45, 2.75) is 0 Å². The van der Waals surface area contributed by atoms with Gasteiger partial charge in [-0.1, -0.05) is 0 Å². The third-order valence-electron chi connectivity index (χ3n) is 1.89. The fraction of sp³-hybridized carbons (Fsp3) is 0.200. The second kappa shape index (κ2) is 4.89. The minimum Gasteiger partial charge on any atom is -0.486 e. The molecule has 2 rings (SSSR count). The summed E-state index contributed by atoms with van der Waals surface area (Å²) in [6.45, 7) is 1.20. The molecule has 80 valence electrons. The van der Waals surface area contributed by atoms with Crippen molar-refractivity contribution >= 4 is 53.9 Å². The Kier molecular flexibility index (Phi) is 3.74. The number of rotatable bonds is 1. The maximum Gasteiger partial charge on any atom is 0.175 e. The van der Waals surface area contributed by atoms with E-state index in [2.05, 4.69) is 47.8 Å². The van der Waals surface area contributed by atoms with Gasteiger partial charge in [-0.2, -0.15) is 0 Å². The largest absolute Gasteiger partial charge is 0.486 e. The highest BCUT2D eigenvalue weighted by Gasteiger charge is 2.15. The molecular formula is C10H7Br3O2. The molecule has 0 unspecified atom stereocenters. The Balaban J connectivity index is 2.45. The van der Waals surface area contributed by atoms with Crippen molar-refractivity contribution in [1.29, 1.82) is 0 Å². The van der Waals surface area contributed by atoms with Crippen LogP contribution in [0.25, 0.3) is 6.08 Å². The molecule has 0 bridgehead atoms. The normalized spacial score (nSPS) is 13.5. The van der Waals surface area contributed by atoms with Gasteiger partial charge in [-0.25, -0.2) is 0 Å². The van der Waals surface area contributed by atoms with E-state index in [-0.39, 0.29) is 0 Å². The van der Waals surface area contributed by atoms with Crippen molar-refractivity contribution in [3.05, 3.63) is 25.6 Å². The van der Waals surface area contributed by atoms with Gasteiger partial charge in [0.2, 0.25) is 0 Å². The second-order valence-corrected chi connectivity index (χ2v) is 6.59. The van der Waals surface area contributed by atoms with Gasteiger partial charge in [0.05, 0.1) is 7.86 Å². The standard InChI is InChI=1S/C10H7Br3O2/c11-7-3-6(5-9(12)13)4-8-10(7)15-2-1-14-8/h3-5H,1-2H2. The number of halogens is 3. The molecule has 1 aliphatic heterocycles. The molecule has 0 atom stereocenters. The lowest BCUT2D eigenvalue weighted by Gasteiger charge is -2.19. The van der Waals surface area contributed by atoms with Crippen LogP contribution in [0.1, 0.15) is 5.56 Å². The first-order valence-corrected chi connectivity index (χ1v) is 6.66. The maximum atomic E-state index is 5.51. The van der Waals surface area contributed by atoms with Crippen molar-refractivity contribution in [3.63, 3.8) is 0 Å². The smallest absolute Gasteiger partial charge is 0.175 e. The van der Waals surface area contributed by atoms with Crippen LogP contribution >= 0.6 is 47.8 Å². The van der Waals surface area contributed by atoms with E-state index in [0.29, 0.717) is 13.2 Å². The van der Waals surface area contributed by atoms with Gasteiger partial charge < -0.3 is 9.47 Å². The Morgan fingerprint density at radius 1 is 1.20 bits per heavy atom. The maximum absolute atomic E-state index is 5.51. The highest BCUT2D eigenvalue weighted by molar-refractivity contribution is 9.28. The van der Waals surface area contributed by atoms with Gasteiger partial charge in [-0.15, -0.1) is 0 Å². The van der Waals surface area contributed by atoms with Crippen LogP contribution in [-0.4, -0.2) is 13.2 Å². The van der Waals surface area contributed by atoms with E-state index >= 15 is 0 Å². The zero-order valence-electron chi connectivity index (χ0n) is 7.60. The van der Waals surface area contributed by atoms with Crippen molar-refractivity contribution in [1.82, 2.24) is 0 Å². The Morgan fingerprint density at radius 3 is 2.67 bits per heavy atom. The van der Waals surface area contributed by atoms with Crippen LogP contribution in [0.4, 0.5) is 0 Å². The van der Waals surface area contributed by atoms with E-state index in [0.717, 1.165) is 24.9 Å². The summed E-state index contributed by atoms with van der Waals surface area (Å²) in [7, 11) is 0. The molecule has 1 heterocycles. The molecule has 0 saturated carbocycles. The molecule has 0 N–H and O–H groups in total. The number of ether oxygens (including phenoxy) is 2. The molecule has 0 radical (unpaired) electrons. The van der Waals surface area contributed by atoms with Gasteiger partial charge in [0.1, 0.15) is 13.2 Å². The average Bonchev–Trinajstić information content (AvgIpc) is 2.16. The van der Waals surface area contributed by atoms with Crippen molar-refractivity contribution in [2.75, 3.05) is 13.2 Å². The molecule has 0 amide bonds. The van der Waals surface area contributed by atoms with Crippen molar-refractivity contribution < 1.29 is 9.47 Å². The van der Waals surface area contributed by atoms with E-state index < -0.39 is 0 Å². The molecule has 2 nitrogen and oxygen atoms in total. The van der Waals surface area contributed by atoms with E-state index in [9.17, 15) is 0 Å². The van der Waals surface area contributed by atoms with Crippen LogP contribution in [0, 0.1) is 0 Å².